The highest BCUT2D eigenvalue weighted by molar-refractivity contribution is 7.84. The van der Waals surface area contributed by atoms with Crippen LogP contribution < -0.4 is 21.2 Å². The zero-order valence-electron chi connectivity index (χ0n) is 17.8. The number of hydrogen-bond donors (Lipinski definition) is 0. The second-order valence-corrected chi connectivity index (χ2v) is 12.0. The number of allylic oxidation sites excluding steroid dienone is 3. The highest BCUT2D eigenvalue weighted by Crippen LogP contribution is 2.58. The van der Waals surface area contributed by atoms with Gasteiger partial charge in [0.1, 0.15) is 0 Å². The Balaban J connectivity index is 1.75. The first kappa shape index (κ1) is 20.9. The van der Waals surface area contributed by atoms with Crippen molar-refractivity contribution in [2.45, 2.75) is 6.42 Å². The first-order chi connectivity index (χ1) is 15.9. The molecule has 0 bridgehead atoms. The maximum atomic E-state index is 2.75. The topological polar surface area (TPSA) is 3.24 Å². The molecule has 156 valence electrons. The maximum Gasteiger partial charge on any atom is 0.0587 e. The molecule has 0 fully saturated rings. The molecule has 0 N–H and O–H groups in total. The van der Waals surface area contributed by atoms with Gasteiger partial charge in [0.2, 0.25) is 0 Å². The number of hydrogen-bond acceptors (Lipinski definition) is 1. The van der Waals surface area contributed by atoms with Crippen LogP contribution in [-0.2, 0) is 0 Å². The third kappa shape index (κ3) is 4.46. The van der Waals surface area contributed by atoms with Crippen LogP contribution in [0.15, 0.2) is 145 Å². The molecule has 0 saturated carbocycles. The fraction of sp³-hybridized carbons (Fsp3) is 0.0345. The molecule has 1 nitrogen and oxygen atoms in total. The van der Waals surface area contributed by atoms with Gasteiger partial charge in [-0.2, -0.15) is 0 Å². The summed E-state index contributed by atoms with van der Waals surface area (Å²) in [5, 5.41) is 5.50. The summed E-state index contributed by atoms with van der Waals surface area (Å²) in [5.41, 5.74) is 1.39. The van der Waals surface area contributed by atoms with Crippen molar-refractivity contribution in [2.75, 3.05) is 0 Å². The van der Waals surface area contributed by atoms with E-state index in [9.17, 15) is 0 Å². The summed E-state index contributed by atoms with van der Waals surface area (Å²) >= 11 is 0. The summed E-state index contributed by atoms with van der Waals surface area (Å²) in [6.45, 7) is 0. The minimum atomic E-state index is -0.758. The molecule has 4 aromatic rings. The van der Waals surface area contributed by atoms with E-state index in [4.69, 9.17) is 0 Å². The van der Waals surface area contributed by atoms with Crippen molar-refractivity contribution >= 4 is 37.4 Å². The Morgan fingerprint density at radius 2 is 0.812 bits per heavy atom. The molecule has 0 aliphatic heterocycles. The molecule has 0 unspecified atom stereocenters. The van der Waals surface area contributed by atoms with Crippen molar-refractivity contribution < 1.29 is 0 Å². The second kappa shape index (κ2) is 10.1. The first-order valence-electron chi connectivity index (χ1n) is 10.9. The first-order valence-corrected chi connectivity index (χ1v) is 13.5. The fourth-order valence-electron chi connectivity index (χ4n) is 3.94. The van der Waals surface area contributed by atoms with Gasteiger partial charge >= 0.3 is 0 Å². The monoisotopic (exact) mass is 449 g/mol. The van der Waals surface area contributed by atoms with Gasteiger partial charge < -0.3 is 4.44 Å². The molecule has 0 heterocycles. The molecule has 1 aliphatic rings. The summed E-state index contributed by atoms with van der Waals surface area (Å²) in [7, 11) is -1.52. The van der Waals surface area contributed by atoms with Gasteiger partial charge in [-0.3, -0.25) is 0 Å². The van der Waals surface area contributed by atoms with Gasteiger partial charge in [0.15, 0.2) is 0 Å². The normalized spacial score (nSPS) is 12.9. The van der Waals surface area contributed by atoms with Gasteiger partial charge in [0.05, 0.1) is 16.1 Å². The molecule has 0 atom stereocenters. The van der Waals surface area contributed by atoms with Crippen molar-refractivity contribution in [3.05, 3.63) is 145 Å². The SMILES string of the molecule is C1=CCC(N(P(c2ccccc2)c2ccccc2)P(c2ccccc2)c2ccccc2)=C1. The third-order valence-corrected chi connectivity index (χ3v) is 10.9. The number of benzene rings is 4. The number of rotatable bonds is 7. The van der Waals surface area contributed by atoms with Crippen LogP contribution in [0.25, 0.3) is 0 Å². The van der Waals surface area contributed by atoms with Crippen molar-refractivity contribution in [1.82, 2.24) is 4.44 Å². The van der Waals surface area contributed by atoms with Gasteiger partial charge in [-0.05, 0) is 6.08 Å². The molecular weight excluding hydrogens is 424 g/mol. The standard InChI is InChI=1S/C29H25NP2/c1-5-17-26(18-6-1)31(27-19-7-2-8-20-27)30(25-15-13-14-16-25)32(28-21-9-3-10-22-28)29-23-11-4-12-24-29/h1-15,17-24H,16H2. The van der Waals surface area contributed by atoms with Crippen LogP contribution in [0.4, 0.5) is 0 Å². The predicted molar refractivity (Wildman–Crippen MR) is 142 cm³/mol. The molecular formula is C29H25NP2. The van der Waals surface area contributed by atoms with Crippen LogP contribution in [0.1, 0.15) is 6.42 Å². The van der Waals surface area contributed by atoms with Gasteiger partial charge in [-0.25, -0.2) is 0 Å². The lowest BCUT2D eigenvalue weighted by atomic mass is 10.4. The van der Waals surface area contributed by atoms with Crippen molar-refractivity contribution in [3.63, 3.8) is 0 Å². The average molecular weight is 449 g/mol. The Kier molecular flexibility index (Phi) is 6.59. The van der Waals surface area contributed by atoms with Gasteiger partial charge in [0, 0.05) is 33.3 Å². The Hall–Kier alpha value is -2.98. The van der Waals surface area contributed by atoms with E-state index in [1.54, 1.807) is 0 Å². The zero-order chi connectivity index (χ0) is 21.6. The van der Waals surface area contributed by atoms with Crippen LogP contribution in [0.2, 0.25) is 0 Å². The highest BCUT2D eigenvalue weighted by atomic mass is 31.2. The Bertz CT molecular complexity index is 1030. The van der Waals surface area contributed by atoms with Crippen LogP contribution in [0.3, 0.4) is 0 Å². The number of nitrogens with zero attached hydrogens (tertiary/aromatic N) is 1. The average Bonchev–Trinajstić information content (AvgIpc) is 3.41. The largest absolute Gasteiger partial charge is 0.316 e. The molecule has 32 heavy (non-hydrogen) atoms. The van der Waals surface area contributed by atoms with Crippen LogP contribution in [-0.4, -0.2) is 4.44 Å². The fourth-order valence-corrected chi connectivity index (χ4v) is 10.00. The van der Waals surface area contributed by atoms with Gasteiger partial charge in [0.25, 0.3) is 0 Å². The molecule has 0 spiro atoms. The Labute approximate surface area is 193 Å². The minimum absolute atomic E-state index is 0.758. The van der Waals surface area contributed by atoms with E-state index in [1.165, 1.54) is 26.9 Å². The maximum absolute atomic E-state index is 2.75. The quantitative estimate of drug-likeness (QED) is 0.303. The highest BCUT2D eigenvalue weighted by Gasteiger charge is 2.33. The van der Waals surface area contributed by atoms with Crippen molar-refractivity contribution in [1.29, 1.82) is 0 Å². The molecule has 0 aromatic heterocycles. The summed E-state index contributed by atoms with van der Waals surface area (Å²) in [5.74, 6) is 0. The van der Waals surface area contributed by atoms with E-state index in [2.05, 4.69) is 144 Å². The lowest BCUT2D eigenvalue weighted by Crippen LogP contribution is -2.31. The summed E-state index contributed by atoms with van der Waals surface area (Å²) in [6, 6.07) is 44.1. The van der Waals surface area contributed by atoms with E-state index in [0.717, 1.165) is 6.42 Å². The van der Waals surface area contributed by atoms with E-state index in [1.807, 2.05) is 0 Å². The Morgan fingerprint density at radius 3 is 1.09 bits per heavy atom. The Morgan fingerprint density at radius 1 is 0.469 bits per heavy atom. The second-order valence-electron chi connectivity index (χ2n) is 7.55. The van der Waals surface area contributed by atoms with E-state index in [-0.39, 0.29) is 0 Å². The molecule has 0 amide bonds. The predicted octanol–water partition coefficient (Wildman–Crippen LogP) is 6.23. The molecule has 5 rings (SSSR count). The summed E-state index contributed by atoms with van der Waals surface area (Å²) in [6.07, 6.45) is 7.75. The summed E-state index contributed by atoms with van der Waals surface area (Å²) < 4.78 is 2.75. The van der Waals surface area contributed by atoms with Crippen LogP contribution in [0, 0.1) is 0 Å². The van der Waals surface area contributed by atoms with E-state index in [0.29, 0.717) is 0 Å². The zero-order valence-corrected chi connectivity index (χ0v) is 19.6. The van der Waals surface area contributed by atoms with Crippen molar-refractivity contribution in [2.24, 2.45) is 0 Å². The lowest BCUT2D eigenvalue weighted by molar-refractivity contribution is 0.862. The smallest absolute Gasteiger partial charge is 0.0587 e. The van der Waals surface area contributed by atoms with Crippen LogP contribution in [0.5, 0.6) is 0 Å². The van der Waals surface area contributed by atoms with Crippen LogP contribution >= 0.6 is 16.1 Å². The molecule has 3 heteroatoms. The third-order valence-electron chi connectivity index (χ3n) is 5.39. The lowest BCUT2D eigenvalue weighted by Gasteiger charge is -2.41. The molecule has 0 radical (unpaired) electrons. The molecule has 0 saturated heterocycles. The van der Waals surface area contributed by atoms with Gasteiger partial charge in [-0.15, -0.1) is 0 Å². The molecule has 4 aromatic carbocycles. The van der Waals surface area contributed by atoms with Gasteiger partial charge in [-0.1, -0.05) is 133 Å². The van der Waals surface area contributed by atoms with E-state index < -0.39 is 16.1 Å². The van der Waals surface area contributed by atoms with Crippen molar-refractivity contribution in [3.8, 4) is 0 Å². The summed E-state index contributed by atoms with van der Waals surface area (Å²) in [4.78, 5) is 0. The molecule has 1 aliphatic carbocycles. The minimum Gasteiger partial charge on any atom is -0.316 e. The van der Waals surface area contributed by atoms with E-state index >= 15 is 0 Å².